The number of hydrogen-bond donors (Lipinski definition) is 1. The van der Waals surface area contributed by atoms with E-state index in [0.717, 1.165) is 12.8 Å². The van der Waals surface area contributed by atoms with Gasteiger partial charge in [-0.3, -0.25) is 4.79 Å². The summed E-state index contributed by atoms with van der Waals surface area (Å²) in [7, 11) is -3.74. The van der Waals surface area contributed by atoms with Crippen molar-refractivity contribution in [2.24, 2.45) is 0 Å². The van der Waals surface area contributed by atoms with Crippen LogP contribution in [0.3, 0.4) is 0 Å². The first kappa shape index (κ1) is 17.6. The molecule has 1 saturated carbocycles. The van der Waals surface area contributed by atoms with Crippen LogP contribution in [-0.4, -0.2) is 24.7 Å². The third-order valence-electron chi connectivity index (χ3n) is 4.02. The van der Waals surface area contributed by atoms with Gasteiger partial charge in [-0.1, -0.05) is 18.2 Å². The first-order chi connectivity index (χ1) is 11.9. The average molecular weight is 362 g/mol. The molecule has 1 N–H and O–H groups in total. The summed E-state index contributed by atoms with van der Waals surface area (Å²) >= 11 is 0. The molecule has 3 rings (SSSR count). The van der Waals surface area contributed by atoms with Crippen LogP contribution in [0.1, 0.15) is 25.3 Å². The summed E-state index contributed by atoms with van der Waals surface area (Å²) in [5.41, 5.74) is 0.881. The highest BCUT2D eigenvalue weighted by Crippen LogP contribution is 2.34. The molecule has 0 saturated heterocycles. The molecule has 1 aliphatic rings. The van der Waals surface area contributed by atoms with E-state index in [1.165, 1.54) is 29.4 Å². The molecule has 0 aliphatic heterocycles. The van der Waals surface area contributed by atoms with Crippen molar-refractivity contribution in [1.29, 1.82) is 0 Å². The fourth-order valence-electron chi connectivity index (χ4n) is 2.62. The van der Waals surface area contributed by atoms with Crippen LogP contribution in [0.15, 0.2) is 53.4 Å². The molecule has 0 unspecified atom stereocenters. The van der Waals surface area contributed by atoms with Gasteiger partial charge in [-0.25, -0.2) is 12.8 Å². The lowest BCUT2D eigenvalue weighted by Crippen LogP contribution is -2.33. The number of anilines is 1. The highest BCUT2D eigenvalue weighted by atomic mass is 32.2. The number of carbonyl (C=O) groups excluding carboxylic acids is 1. The quantitative estimate of drug-likeness (QED) is 0.858. The van der Waals surface area contributed by atoms with Crippen molar-refractivity contribution in [3.8, 4) is 0 Å². The molecule has 0 spiro atoms. The van der Waals surface area contributed by atoms with Crippen LogP contribution in [0.4, 0.5) is 10.1 Å². The Morgan fingerprint density at radius 1 is 1.16 bits per heavy atom. The van der Waals surface area contributed by atoms with Crippen molar-refractivity contribution in [3.63, 3.8) is 0 Å². The molecule has 0 atom stereocenters. The molecule has 2 aromatic rings. The van der Waals surface area contributed by atoms with Crippen LogP contribution in [0, 0.1) is 5.82 Å². The second-order valence-corrected chi connectivity index (χ2v) is 7.97. The van der Waals surface area contributed by atoms with Gasteiger partial charge in [0.15, 0.2) is 0 Å². The van der Waals surface area contributed by atoms with Gasteiger partial charge in [-0.15, -0.1) is 0 Å². The maximum absolute atomic E-state index is 13.9. The smallest absolute Gasteiger partial charge is 0.243 e. The molecule has 1 amide bonds. The molecule has 0 heterocycles. The Kier molecular flexibility index (Phi) is 4.87. The number of nitrogens with zero attached hydrogens (tertiary/aromatic N) is 1. The maximum Gasteiger partial charge on any atom is 0.243 e. The molecular formula is C18H19FN2O3S. The molecule has 7 heteroatoms. The normalized spacial score (nSPS) is 14.5. The molecule has 5 nitrogen and oxygen atoms in total. The number of amides is 1. The van der Waals surface area contributed by atoms with E-state index in [1.807, 2.05) is 0 Å². The maximum atomic E-state index is 13.9. The summed E-state index contributed by atoms with van der Waals surface area (Å²) < 4.78 is 41.3. The number of nitrogens with one attached hydrogen (secondary N) is 1. The predicted octanol–water partition coefficient (Wildman–Crippen LogP) is 3.14. The summed E-state index contributed by atoms with van der Waals surface area (Å²) in [6.45, 7) is 1.39. The summed E-state index contributed by atoms with van der Waals surface area (Å²) in [5, 5.41) is 2.60. The second-order valence-electron chi connectivity index (χ2n) is 6.08. The van der Waals surface area contributed by atoms with E-state index in [1.54, 1.807) is 30.3 Å². The van der Waals surface area contributed by atoms with Crippen molar-refractivity contribution < 1.29 is 17.6 Å². The first-order valence-corrected chi connectivity index (χ1v) is 9.45. The van der Waals surface area contributed by atoms with E-state index < -0.39 is 15.8 Å². The monoisotopic (exact) mass is 362 g/mol. The van der Waals surface area contributed by atoms with Gasteiger partial charge in [0.25, 0.3) is 0 Å². The Morgan fingerprint density at radius 2 is 1.80 bits per heavy atom. The SMILES string of the molecule is CC(=O)Nc1ccc(S(=O)(=O)N(Cc2ccccc2F)C2CC2)cc1. The average Bonchev–Trinajstić information content (AvgIpc) is 3.38. The van der Waals surface area contributed by atoms with E-state index in [4.69, 9.17) is 0 Å². The minimum Gasteiger partial charge on any atom is -0.326 e. The molecule has 0 aromatic heterocycles. The van der Waals surface area contributed by atoms with E-state index in [0.29, 0.717) is 11.3 Å². The lowest BCUT2D eigenvalue weighted by molar-refractivity contribution is -0.114. The molecule has 25 heavy (non-hydrogen) atoms. The van der Waals surface area contributed by atoms with Crippen LogP contribution in [-0.2, 0) is 21.4 Å². The second kappa shape index (κ2) is 6.93. The molecular weight excluding hydrogens is 343 g/mol. The zero-order valence-electron chi connectivity index (χ0n) is 13.8. The molecule has 1 aliphatic carbocycles. The first-order valence-electron chi connectivity index (χ1n) is 8.01. The van der Waals surface area contributed by atoms with Crippen LogP contribution in [0.2, 0.25) is 0 Å². The summed E-state index contributed by atoms with van der Waals surface area (Å²) in [6, 6.07) is 12.1. The van der Waals surface area contributed by atoms with Gasteiger partial charge < -0.3 is 5.32 Å². The van der Waals surface area contributed by atoms with Crippen LogP contribution >= 0.6 is 0 Å². The number of sulfonamides is 1. The van der Waals surface area contributed by atoms with Crippen LogP contribution in [0.25, 0.3) is 0 Å². The van der Waals surface area contributed by atoms with E-state index in [2.05, 4.69) is 5.32 Å². The highest BCUT2D eigenvalue weighted by Gasteiger charge is 2.38. The van der Waals surface area contributed by atoms with Crippen molar-refractivity contribution in [3.05, 3.63) is 59.9 Å². The van der Waals surface area contributed by atoms with E-state index >= 15 is 0 Å². The van der Waals surface area contributed by atoms with Gasteiger partial charge in [0.1, 0.15) is 5.82 Å². The molecule has 2 aromatic carbocycles. The third-order valence-corrected chi connectivity index (χ3v) is 5.93. The predicted molar refractivity (Wildman–Crippen MR) is 92.9 cm³/mol. The largest absolute Gasteiger partial charge is 0.326 e. The third kappa shape index (κ3) is 4.05. The Bertz CT molecular complexity index is 877. The van der Waals surface area contributed by atoms with E-state index in [9.17, 15) is 17.6 Å². The molecule has 1 fully saturated rings. The number of benzene rings is 2. The Labute approximate surface area is 146 Å². The molecule has 132 valence electrons. The topological polar surface area (TPSA) is 66.5 Å². The van der Waals surface area contributed by atoms with Crippen LogP contribution < -0.4 is 5.32 Å². The van der Waals surface area contributed by atoms with Crippen LogP contribution in [0.5, 0.6) is 0 Å². The summed E-state index contributed by atoms with van der Waals surface area (Å²) in [5.74, 6) is -0.640. The van der Waals surface area contributed by atoms with Gasteiger partial charge >= 0.3 is 0 Å². The number of halogens is 1. The van der Waals surface area contributed by atoms with E-state index in [-0.39, 0.29) is 23.4 Å². The lowest BCUT2D eigenvalue weighted by Gasteiger charge is -2.22. The van der Waals surface area contributed by atoms with Crippen molar-refractivity contribution in [2.75, 3.05) is 5.32 Å². The fraction of sp³-hybridized carbons (Fsp3) is 0.278. The van der Waals surface area contributed by atoms with Crippen molar-refractivity contribution in [2.45, 2.75) is 37.2 Å². The Balaban J connectivity index is 1.87. The Morgan fingerprint density at radius 3 is 2.36 bits per heavy atom. The Hall–Kier alpha value is -2.25. The molecule has 0 bridgehead atoms. The highest BCUT2D eigenvalue weighted by molar-refractivity contribution is 7.89. The standard InChI is InChI=1S/C18H19FN2O3S/c1-13(22)20-15-6-10-17(11-7-15)25(23,24)21(16-8-9-16)12-14-4-2-3-5-18(14)19/h2-7,10-11,16H,8-9,12H2,1H3,(H,20,22). The van der Waals surface area contributed by atoms with Gasteiger partial charge in [-0.05, 0) is 43.2 Å². The number of rotatable bonds is 6. The summed E-state index contributed by atoms with van der Waals surface area (Å²) in [4.78, 5) is 11.2. The van der Waals surface area contributed by atoms with Gasteiger partial charge in [-0.2, -0.15) is 4.31 Å². The molecule has 0 radical (unpaired) electrons. The van der Waals surface area contributed by atoms with Gasteiger partial charge in [0.2, 0.25) is 15.9 Å². The lowest BCUT2D eigenvalue weighted by atomic mass is 10.2. The number of hydrogen-bond acceptors (Lipinski definition) is 3. The summed E-state index contributed by atoms with van der Waals surface area (Å²) in [6.07, 6.45) is 1.55. The van der Waals surface area contributed by atoms with Gasteiger partial charge in [0, 0.05) is 30.8 Å². The zero-order valence-corrected chi connectivity index (χ0v) is 14.6. The number of carbonyl (C=O) groups is 1. The zero-order chi connectivity index (χ0) is 18.0. The van der Waals surface area contributed by atoms with Gasteiger partial charge in [0.05, 0.1) is 4.90 Å². The van der Waals surface area contributed by atoms with Crippen molar-refractivity contribution in [1.82, 2.24) is 4.31 Å². The minimum atomic E-state index is -3.74. The fourth-order valence-corrected chi connectivity index (χ4v) is 4.28. The van der Waals surface area contributed by atoms with Crippen molar-refractivity contribution >= 4 is 21.6 Å². The minimum absolute atomic E-state index is 0.00706.